The van der Waals surface area contributed by atoms with Crippen LogP contribution in [0.15, 0.2) is 17.5 Å². The number of carbonyl (C=O) groups is 1. The molecular formula is C11H12N4O2S. The molecule has 0 aromatic carbocycles. The molecule has 6 nitrogen and oxygen atoms in total. The summed E-state index contributed by atoms with van der Waals surface area (Å²) in [5.74, 6) is -0.726. The molecule has 2 atom stereocenters. The van der Waals surface area contributed by atoms with Crippen LogP contribution in [0.5, 0.6) is 0 Å². The zero-order valence-corrected chi connectivity index (χ0v) is 10.3. The summed E-state index contributed by atoms with van der Waals surface area (Å²) in [6, 6.07) is 4.00. The normalized spacial score (nSPS) is 22.7. The topological polar surface area (TPSA) is 94.0 Å². The summed E-state index contributed by atoms with van der Waals surface area (Å²) < 4.78 is 1.63. The first-order valence-corrected chi connectivity index (χ1v) is 6.49. The summed E-state index contributed by atoms with van der Waals surface area (Å²) in [6.45, 7) is 0.643. The van der Waals surface area contributed by atoms with E-state index in [1.807, 2.05) is 17.5 Å². The largest absolute Gasteiger partial charge is 0.481 e. The molecule has 1 aliphatic rings. The number of hydrogen-bond donors (Lipinski definition) is 2. The van der Waals surface area contributed by atoms with E-state index in [9.17, 15) is 9.90 Å². The van der Waals surface area contributed by atoms with Crippen molar-refractivity contribution in [3.05, 3.63) is 28.2 Å². The number of thiophene rings is 1. The molecule has 7 heteroatoms. The van der Waals surface area contributed by atoms with E-state index in [1.165, 1.54) is 4.88 Å². The van der Waals surface area contributed by atoms with Crippen LogP contribution in [-0.4, -0.2) is 25.8 Å². The second kappa shape index (κ2) is 4.09. The SMILES string of the molecule is Nc1nc2n(n1)CC(c1cccs1)CC2C(=O)O. The lowest BCUT2D eigenvalue weighted by Crippen LogP contribution is -2.27. The van der Waals surface area contributed by atoms with Crippen molar-refractivity contribution >= 4 is 23.3 Å². The number of carboxylic acids is 1. The lowest BCUT2D eigenvalue weighted by molar-refractivity contribution is -0.139. The molecule has 2 unspecified atom stereocenters. The van der Waals surface area contributed by atoms with Crippen molar-refractivity contribution in [2.75, 3.05) is 5.73 Å². The lowest BCUT2D eigenvalue weighted by atomic mass is 9.89. The van der Waals surface area contributed by atoms with Crippen molar-refractivity contribution in [1.82, 2.24) is 14.8 Å². The maximum absolute atomic E-state index is 11.3. The minimum atomic E-state index is -0.870. The number of hydrogen-bond acceptors (Lipinski definition) is 5. The van der Waals surface area contributed by atoms with Crippen LogP contribution in [0.3, 0.4) is 0 Å². The van der Waals surface area contributed by atoms with Gasteiger partial charge in [-0.15, -0.1) is 16.4 Å². The summed E-state index contributed by atoms with van der Waals surface area (Å²) in [5.41, 5.74) is 5.55. The van der Waals surface area contributed by atoms with E-state index in [2.05, 4.69) is 10.1 Å². The molecule has 3 heterocycles. The van der Waals surface area contributed by atoms with Gasteiger partial charge in [0.05, 0.1) is 6.54 Å². The average Bonchev–Trinajstić information content (AvgIpc) is 2.93. The van der Waals surface area contributed by atoms with E-state index in [4.69, 9.17) is 5.73 Å². The molecule has 0 radical (unpaired) electrons. The van der Waals surface area contributed by atoms with Crippen molar-refractivity contribution in [3.63, 3.8) is 0 Å². The van der Waals surface area contributed by atoms with Crippen molar-refractivity contribution in [3.8, 4) is 0 Å². The second-order valence-electron chi connectivity index (χ2n) is 4.35. The Morgan fingerprint density at radius 3 is 3.11 bits per heavy atom. The Labute approximate surface area is 107 Å². The number of aromatic nitrogens is 3. The molecule has 3 rings (SSSR count). The van der Waals surface area contributed by atoms with Gasteiger partial charge in [-0.3, -0.25) is 4.79 Å². The number of aliphatic carboxylic acids is 1. The highest BCUT2D eigenvalue weighted by molar-refractivity contribution is 7.10. The van der Waals surface area contributed by atoms with Gasteiger partial charge in [-0.1, -0.05) is 6.07 Å². The van der Waals surface area contributed by atoms with Crippen LogP contribution >= 0.6 is 11.3 Å². The zero-order valence-electron chi connectivity index (χ0n) is 9.48. The van der Waals surface area contributed by atoms with Crippen molar-refractivity contribution in [2.45, 2.75) is 24.8 Å². The summed E-state index contributed by atoms with van der Waals surface area (Å²) in [4.78, 5) is 16.5. The Bertz CT molecular complexity index is 578. The first kappa shape index (κ1) is 11.2. The molecule has 2 aromatic heterocycles. The van der Waals surface area contributed by atoms with Crippen molar-refractivity contribution in [2.24, 2.45) is 0 Å². The third-order valence-electron chi connectivity index (χ3n) is 3.19. The van der Waals surface area contributed by atoms with Crippen molar-refractivity contribution in [1.29, 1.82) is 0 Å². The highest BCUT2D eigenvalue weighted by atomic mass is 32.1. The molecule has 3 N–H and O–H groups in total. The second-order valence-corrected chi connectivity index (χ2v) is 5.33. The van der Waals surface area contributed by atoms with Gasteiger partial charge >= 0.3 is 5.97 Å². The molecular weight excluding hydrogens is 252 g/mol. The van der Waals surface area contributed by atoms with Gasteiger partial charge in [0.2, 0.25) is 5.95 Å². The first-order chi connectivity index (χ1) is 8.65. The van der Waals surface area contributed by atoms with Crippen LogP contribution in [0.2, 0.25) is 0 Å². The summed E-state index contributed by atoms with van der Waals surface area (Å²) in [6.07, 6.45) is 0.550. The summed E-state index contributed by atoms with van der Waals surface area (Å²) in [7, 11) is 0. The summed E-state index contributed by atoms with van der Waals surface area (Å²) >= 11 is 1.64. The molecule has 1 aliphatic heterocycles. The van der Waals surface area contributed by atoms with E-state index >= 15 is 0 Å². The number of nitrogen functional groups attached to an aromatic ring is 1. The maximum atomic E-state index is 11.3. The van der Waals surface area contributed by atoms with Crippen LogP contribution in [0.4, 0.5) is 5.95 Å². The number of carboxylic acid groups (broad SMARTS) is 1. The number of anilines is 1. The van der Waals surface area contributed by atoms with E-state index < -0.39 is 11.9 Å². The van der Waals surface area contributed by atoms with Gasteiger partial charge in [-0.25, -0.2) is 4.68 Å². The molecule has 0 fully saturated rings. The third kappa shape index (κ3) is 1.76. The van der Waals surface area contributed by atoms with Gasteiger partial charge in [0.1, 0.15) is 11.7 Å². The standard InChI is InChI=1S/C11H12N4O2S/c12-11-13-9-7(10(16)17)4-6(5-15(9)14-11)8-2-1-3-18-8/h1-3,6-7H,4-5H2,(H2,12,14)(H,16,17). The predicted octanol–water partition coefficient (Wildman–Crippen LogP) is 1.28. The average molecular weight is 264 g/mol. The highest BCUT2D eigenvalue weighted by Gasteiger charge is 2.35. The molecule has 0 saturated heterocycles. The zero-order chi connectivity index (χ0) is 12.7. The smallest absolute Gasteiger partial charge is 0.314 e. The van der Waals surface area contributed by atoms with Gasteiger partial charge in [0.25, 0.3) is 0 Å². The fraction of sp³-hybridized carbons (Fsp3) is 0.364. The molecule has 0 amide bonds. The Hall–Kier alpha value is -1.89. The van der Waals surface area contributed by atoms with Crippen LogP contribution in [0.25, 0.3) is 0 Å². The Kier molecular flexibility index (Phi) is 2.55. The fourth-order valence-electron chi connectivity index (χ4n) is 2.38. The molecule has 18 heavy (non-hydrogen) atoms. The lowest BCUT2D eigenvalue weighted by Gasteiger charge is -2.26. The van der Waals surface area contributed by atoms with Crippen LogP contribution in [0, 0.1) is 0 Å². The number of rotatable bonds is 2. The van der Waals surface area contributed by atoms with Crippen LogP contribution in [0.1, 0.15) is 29.0 Å². The minimum Gasteiger partial charge on any atom is -0.481 e. The van der Waals surface area contributed by atoms with E-state index in [0.717, 1.165) is 0 Å². The molecule has 0 bridgehead atoms. The predicted molar refractivity (Wildman–Crippen MR) is 66.5 cm³/mol. The van der Waals surface area contributed by atoms with E-state index in [1.54, 1.807) is 16.0 Å². The van der Waals surface area contributed by atoms with Gasteiger partial charge in [-0.05, 0) is 17.9 Å². The highest BCUT2D eigenvalue weighted by Crippen LogP contribution is 2.37. The van der Waals surface area contributed by atoms with E-state index in [-0.39, 0.29) is 11.9 Å². The monoisotopic (exact) mass is 264 g/mol. The molecule has 0 aliphatic carbocycles. The number of nitrogens with zero attached hydrogens (tertiary/aromatic N) is 3. The third-order valence-corrected chi connectivity index (χ3v) is 4.22. The minimum absolute atomic E-state index is 0.142. The van der Waals surface area contributed by atoms with Crippen LogP contribution in [-0.2, 0) is 11.3 Å². The molecule has 2 aromatic rings. The molecule has 0 spiro atoms. The quantitative estimate of drug-likeness (QED) is 0.852. The maximum Gasteiger partial charge on any atom is 0.314 e. The Balaban J connectivity index is 1.99. The van der Waals surface area contributed by atoms with Gasteiger partial charge in [0.15, 0.2) is 0 Å². The van der Waals surface area contributed by atoms with Gasteiger partial charge < -0.3 is 10.8 Å². The van der Waals surface area contributed by atoms with Crippen LogP contribution < -0.4 is 5.73 Å². The van der Waals surface area contributed by atoms with E-state index in [0.29, 0.717) is 18.8 Å². The molecule has 0 saturated carbocycles. The first-order valence-electron chi connectivity index (χ1n) is 5.61. The molecule has 94 valence electrons. The van der Waals surface area contributed by atoms with Crippen molar-refractivity contribution < 1.29 is 9.90 Å². The van der Waals surface area contributed by atoms with Gasteiger partial charge in [0, 0.05) is 10.8 Å². The number of fused-ring (bicyclic) bond motifs is 1. The Morgan fingerprint density at radius 2 is 2.44 bits per heavy atom. The summed E-state index contributed by atoms with van der Waals surface area (Å²) in [5, 5.41) is 15.4. The van der Waals surface area contributed by atoms with Gasteiger partial charge in [-0.2, -0.15) is 4.98 Å². The Morgan fingerprint density at radius 1 is 1.61 bits per heavy atom. The fourth-order valence-corrected chi connectivity index (χ4v) is 3.21. The number of nitrogens with two attached hydrogens (primary N) is 1.